The van der Waals surface area contributed by atoms with Gasteiger partial charge in [0.15, 0.2) is 0 Å². The van der Waals surface area contributed by atoms with Crippen molar-refractivity contribution in [3.8, 4) is 0 Å². The number of rotatable bonds is 5. The molecule has 0 aliphatic carbocycles. The zero-order chi connectivity index (χ0) is 14.5. The third-order valence-corrected chi connectivity index (χ3v) is 3.85. The Balaban J connectivity index is 1.75. The van der Waals surface area contributed by atoms with E-state index in [0.717, 1.165) is 19.5 Å². The molecule has 0 spiro atoms. The van der Waals surface area contributed by atoms with Gasteiger partial charge in [0, 0.05) is 24.7 Å². The quantitative estimate of drug-likeness (QED) is 0.849. The first-order valence-corrected chi connectivity index (χ1v) is 7.04. The molecule has 0 aromatic heterocycles. The van der Waals surface area contributed by atoms with Crippen LogP contribution in [0.5, 0.6) is 0 Å². The highest BCUT2D eigenvalue weighted by molar-refractivity contribution is 5.78. The SMILES string of the molecule is CC(N)C1CCN(CC(=O)NCc2ccccc2F)C1. The molecule has 110 valence electrons. The summed E-state index contributed by atoms with van der Waals surface area (Å²) >= 11 is 0. The predicted octanol–water partition coefficient (Wildman–Crippen LogP) is 1.11. The van der Waals surface area contributed by atoms with Crippen molar-refractivity contribution in [2.45, 2.75) is 25.9 Å². The molecular formula is C15H22FN3O. The maximum absolute atomic E-state index is 13.4. The fraction of sp³-hybridized carbons (Fsp3) is 0.533. The van der Waals surface area contributed by atoms with Gasteiger partial charge in [0.05, 0.1) is 6.54 Å². The Kier molecular flexibility index (Phi) is 5.09. The average molecular weight is 279 g/mol. The summed E-state index contributed by atoms with van der Waals surface area (Å²) in [6, 6.07) is 6.64. The van der Waals surface area contributed by atoms with Gasteiger partial charge < -0.3 is 11.1 Å². The van der Waals surface area contributed by atoms with Gasteiger partial charge in [0.2, 0.25) is 5.91 Å². The van der Waals surface area contributed by atoms with Crippen LogP contribution in [0.2, 0.25) is 0 Å². The van der Waals surface area contributed by atoms with E-state index >= 15 is 0 Å². The van der Waals surface area contributed by atoms with Gasteiger partial charge in [-0.05, 0) is 31.9 Å². The molecule has 20 heavy (non-hydrogen) atoms. The summed E-state index contributed by atoms with van der Waals surface area (Å²) in [6.07, 6.45) is 1.04. The summed E-state index contributed by atoms with van der Waals surface area (Å²) in [5, 5.41) is 2.76. The second-order valence-corrected chi connectivity index (χ2v) is 5.51. The van der Waals surface area contributed by atoms with Crippen LogP contribution in [0.3, 0.4) is 0 Å². The Morgan fingerprint density at radius 1 is 1.55 bits per heavy atom. The number of hydrogen-bond acceptors (Lipinski definition) is 3. The molecule has 5 heteroatoms. The Morgan fingerprint density at radius 3 is 2.95 bits per heavy atom. The lowest BCUT2D eigenvalue weighted by Crippen LogP contribution is -2.37. The molecule has 2 unspecified atom stereocenters. The van der Waals surface area contributed by atoms with Crippen molar-refractivity contribution in [3.63, 3.8) is 0 Å². The third-order valence-electron chi connectivity index (χ3n) is 3.85. The van der Waals surface area contributed by atoms with Crippen molar-refractivity contribution in [1.82, 2.24) is 10.2 Å². The number of nitrogens with zero attached hydrogens (tertiary/aromatic N) is 1. The number of likely N-dealkylation sites (tertiary alicyclic amines) is 1. The van der Waals surface area contributed by atoms with Crippen molar-refractivity contribution < 1.29 is 9.18 Å². The van der Waals surface area contributed by atoms with E-state index in [1.54, 1.807) is 18.2 Å². The minimum atomic E-state index is -0.286. The number of amides is 1. The van der Waals surface area contributed by atoms with Gasteiger partial charge in [-0.1, -0.05) is 18.2 Å². The van der Waals surface area contributed by atoms with E-state index in [1.165, 1.54) is 6.07 Å². The molecule has 0 bridgehead atoms. The van der Waals surface area contributed by atoms with Crippen LogP contribution in [0, 0.1) is 11.7 Å². The van der Waals surface area contributed by atoms with Gasteiger partial charge in [-0.15, -0.1) is 0 Å². The minimum absolute atomic E-state index is 0.0708. The van der Waals surface area contributed by atoms with Crippen molar-refractivity contribution in [2.75, 3.05) is 19.6 Å². The van der Waals surface area contributed by atoms with Crippen LogP contribution in [0.1, 0.15) is 18.9 Å². The van der Waals surface area contributed by atoms with Crippen molar-refractivity contribution in [3.05, 3.63) is 35.6 Å². The molecule has 1 heterocycles. The lowest BCUT2D eigenvalue weighted by Gasteiger charge is -2.17. The summed E-state index contributed by atoms with van der Waals surface area (Å²) in [4.78, 5) is 14.0. The molecule has 1 amide bonds. The predicted molar refractivity (Wildman–Crippen MR) is 76.4 cm³/mol. The van der Waals surface area contributed by atoms with Crippen LogP contribution < -0.4 is 11.1 Å². The highest BCUT2D eigenvalue weighted by atomic mass is 19.1. The van der Waals surface area contributed by atoms with E-state index in [-0.39, 0.29) is 24.3 Å². The van der Waals surface area contributed by atoms with Gasteiger partial charge in [0.1, 0.15) is 5.82 Å². The first-order valence-electron chi connectivity index (χ1n) is 7.04. The standard InChI is InChI=1S/C15H22FN3O/c1-11(17)13-6-7-19(9-13)10-15(20)18-8-12-4-2-3-5-14(12)16/h2-5,11,13H,6-10,17H2,1H3,(H,18,20). The van der Waals surface area contributed by atoms with E-state index in [1.807, 2.05) is 6.92 Å². The van der Waals surface area contributed by atoms with Gasteiger partial charge in [-0.2, -0.15) is 0 Å². The highest BCUT2D eigenvalue weighted by Gasteiger charge is 2.26. The largest absolute Gasteiger partial charge is 0.351 e. The van der Waals surface area contributed by atoms with Crippen LogP contribution in [0.15, 0.2) is 24.3 Å². The topological polar surface area (TPSA) is 58.4 Å². The maximum atomic E-state index is 13.4. The van der Waals surface area contributed by atoms with Gasteiger partial charge in [-0.3, -0.25) is 9.69 Å². The summed E-state index contributed by atoms with van der Waals surface area (Å²) in [6.45, 7) is 4.37. The minimum Gasteiger partial charge on any atom is -0.351 e. The molecule has 1 saturated heterocycles. The molecule has 1 aromatic carbocycles. The summed E-state index contributed by atoms with van der Waals surface area (Å²) in [5.74, 6) is 0.110. The Hall–Kier alpha value is -1.46. The van der Waals surface area contributed by atoms with Gasteiger partial charge in [0.25, 0.3) is 0 Å². The summed E-state index contributed by atoms with van der Waals surface area (Å²) in [5.41, 5.74) is 6.38. The second-order valence-electron chi connectivity index (χ2n) is 5.51. The number of hydrogen-bond donors (Lipinski definition) is 2. The highest BCUT2D eigenvalue weighted by Crippen LogP contribution is 2.17. The number of benzene rings is 1. The third kappa shape index (κ3) is 4.02. The molecule has 0 saturated carbocycles. The Morgan fingerprint density at radius 2 is 2.30 bits per heavy atom. The zero-order valence-corrected chi connectivity index (χ0v) is 11.8. The van der Waals surface area contributed by atoms with Crippen LogP contribution in [0.25, 0.3) is 0 Å². The number of nitrogens with two attached hydrogens (primary N) is 1. The molecule has 1 aliphatic heterocycles. The lowest BCUT2D eigenvalue weighted by atomic mass is 10.0. The fourth-order valence-electron chi connectivity index (χ4n) is 2.53. The first-order chi connectivity index (χ1) is 9.56. The van der Waals surface area contributed by atoms with E-state index in [4.69, 9.17) is 5.73 Å². The van der Waals surface area contributed by atoms with E-state index in [2.05, 4.69) is 10.2 Å². The van der Waals surface area contributed by atoms with Crippen LogP contribution in [-0.4, -0.2) is 36.5 Å². The monoisotopic (exact) mass is 279 g/mol. The zero-order valence-electron chi connectivity index (χ0n) is 11.8. The second kappa shape index (κ2) is 6.81. The molecule has 2 rings (SSSR count). The molecule has 1 fully saturated rings. The van der Waals surface area contributed by atoms with Gasteiger partial charge >= 0.3 is 0 Å². The molecule has 2 atom stereocenters. The van der Waals surface area contributed by atoms with Crippen molar-refractivity contribution >= 4 is 5.91 Å². The average Bonchev–Trinajstić information content (AvgIpc) is 2.86. The molecular weight excluding hydrogens is 257 g/mol. The van der Waals surface area contributed by atoms with Crippen LogP contribution >= 0.6 is 0 Å². The van der Waals surface area contributed by atoms with E-state index < -0.39 is 0 Å². The van der Waals surface area contributed by atoms with Crippen molar-refractivity contribution in [1.29, 1.82) is 0 Å². The lowest BCUT2D eigenvalue weighted by molar-refractivity contribution is -0.122. The Bertz CT molecular complexity index is 464. The smallest absolute Gasteiger partial charge is 0.234 e. The number of carbonyl (C=O) groups is 1. The normalized spacial score (nSPS) is 20.9. The van der Waals surface area contributed by atoms with Gasteiger partial charge in [-0.25, -0.2) is 4.39 Å². The fourth-order valence-corrected chi connectivity index (χ4v) is 2.53. The number of nitrogens with one attached hydrogen (secondary N) is 1. The van der Waals surface area contributed by atoms with E-state index in [0.29, 0.717) is 18.0 Å². The van der Waals surface area contributed by atoms with E-state index in [9.17, 15) is 9.18 Å². The molecule has 1 aromatic rings. The maximum Gasteiger partial charge on any atom is 0.234 e. The number of carbonyl (C=O) groups excluding carboxylic acids is 1. The van der Waals surface area contributed by atoms with Crippen LogP contribution in [0.4, 0.5) is 4.39 Å². The van der Waals surface area contributed by atoms with Crippen molar-refractivity contribution in [2.24, 2.45) is 11.7 Å². The Labute approximate surface area is 119 Å². The molecule has 0 radical (unpaired) electrons. The molecule has 4 nitrogen and oxygen atoms in total. The summed E-state index contributed by atoms with van der Waals surface area (Å²) < 4.78 is 13.4. The number of halogens is 1. The first kappa shape index (κ1) is 14.9. The molecule has 3 N–H and O–H groups in total. The summed E-state index contributed by atoms with van der Waals surface area (Å²) in [7, 11) is 0. The molecule has 1 aliphatic rings. The van der Waals surface area contributed by atoms with Crippen LogP contribution in [-0.2, 0) is 11.3 Å².